The van der Waals surface area contributed by atoms with E-state index in [-0.39, 0.29) is 5.75 Å². The van der Waals surface area contributed by atoms with Crippen molar-refractivity contribution in [3.8, 4) is 5.75 Å². The monoisotopic (exact) mass is 268 g/mol. The minimum absolute atomic E-state index is 0.262. The van der Waals surface area contributed by atoms with Gasteiger partial charge >= 0.3 is 0 Å². The first-order chi connectivity index (χ1) is 8.19. The van der Waals surface area contributed by atoms with Crippen LogP contribution in [0.3, 0.4) is 0 Å². The fraction of sp³-hybridized carbons (Fsp3) is 0.250. The number of aryl methyl sites for hydroxylation is 1. The van der Waals surface area contributed by atoms with Crippen molar-refractivity contribution in [3.05, 3.63) is 39.3 Å². The third kappa shape index (κ3) is 3.11. The van der Waals surface area contributed by atoms with Gasteiger partial charge in [-0.25, -0.2) is 4.98 Å². The zero-order chi connectivity index (χ0) is 12.3. The molecule has 17 heavy (non-hydrogen) atoms. The average Bonchev–Trinajstić information content (AvgIpc) is 2.74. The van der Waals surface area contributed by atoms with Crippen molar-refractivity contribution in [3.63, 3.8) is 0 Å². The van der Waals surface area contributed by atoms with E-state index in [1.165, 1.54) is 16.9 Å². The highest BCUT2D eigenvalue weighted by atomic mass is 35.5. The Morgan fingerprint density at radius 1 is 1.47 bits per heavy atom. The summed E-state index contributed by atoms with van der Waals surface area (Å²) in [6.45, 7) is 2.70. The number of aromatic hydroxyl groups is 1. The molecule has 0 fully saturated rings. The SMILES string of the molecule is CCc1ccc(O)c(NCc2cnc(Cl)s2)c1. The van der Waals surface area contributed by atoms with Gasteiger partial charge in [-0.05, 0) is 24.1 Å². The molecule has 0 aliphatic heterocycles. The molecule has 0 radical (unpaired) electrons. The third-order valence-electron chi connectivity index (χ3n) is 2.45. The quantitative estimate of drug-likeness (QED) is 0.832. The molecule has 0 aliphatic rings. The lowest BCUT2D eigenvalue weighted by Gasteiger charge is -2.08. The largest absolute Gasteiger partial charge is 0.506 e. The third-order valence-corrected chi connectivity index (χ3v) is 3.56. The second kappa shape index (κ2) is 5.38. The maximum absolute atomic E-state index is 9.71. The molecule has 1 aromatic carbocycles. The number of phenolic OH excluding ortho intramolecular Hbond substituents is 1. The van der Waals surface area contributed by atoms with Gasteiger partial charge < -0.3 is 10.4 Å². The first kappa shape index (κ1) is 12.2. The van der Waals surface area contributed by atoms with Gasteiger partial charge in [-0.3, -0.25) is 0 Å². The number of rotatable bonds is 4. The van der Waals surface area contributed by atoms with Crippen molar-refractivity contribution in [1.82, 2.24) is 4.98 Å². The second-order valence-corrected chi connectivity index (χ2v) is 5.34. The van der Waals surface area contributed by atoms with Gasteiger partial charge in [0, 0.05) is 11.1 Å². The smallest absolute Gasteiger partial charge is 0.183 e. The van der Waals surface area contributed by atoms with E-state index >= 15 is 0 Å². The van der Waals surface area contributed by atoms with Gasteiger partial charge in [0.25, 0.3) is 0 Å². The first-order valence-corrected chi connectivity index (χ1v) is 6.54. The van der Waals surface area contributed by atoms with Crippen LogP contribution < -0.4 is 5.32 Å². The Labute approximate surface area is 109 Å². The predicted octanol–water partition coefficient (Wildman–Crippen LogP) is 3.68. The lowest BCUT2D eigenvalue weighted by atomic mass is 10.1. The summed E-state index contributed by atoms with van der Waals surface area (Å²) >= 11 is 7.18. The van der Waals surface area contributed by atoms with Crippen molar-refractivity contribution in [2.75, 3.05) is 5.32 Å². The predicted molar refractivity (Wildman–Crippen MR) is 71.9 cm³/mol. The van der Waals surface area contributed by atoms with Crippen LogP contribution in [0.15, 0.2) is 24.4 Å². The highest BCUT2D eigenvalue weighted by Crippen LogP contribution is 2.26. The van der Waals surface area contributed by atoms with Crippen LogP contribution in [-0.4, -0.2) is 10.1 Å². The molecule has 0 amide bonds. The maximum atomic E-state index is 9.71. The summed E-state index contributed by atoms with van der Waals surface area (Å²) in [5.41, 5.74) is 1.93. The molecule has 0 bridgehead atoms. The Kier molecular flexibility index (Phi) is 3.86. The van der Waals surface area contributed by atoms with Crippen molar-refractivity contribution in [1.29, 1.82) is 0 Å². The zero-order valence-corrected chi connectivity index (χ0v) is 11.0. The molecule has 2 N–H and O–H groups in total. The van der Waals surface area contributed by atoms with E-state index in [0.717, 1.165) is 17.0 Å². The maximum Gasteiger partial charge on any atom is 0.183 e. The molecule has 0 spiro atoms. The Morgan fingerprint density at radius 2 is 2.29 bits per heavy atom. The number of hydrogen-bond donors (Lipinski definition) is 2. The molecule has 2 rings (SSSR count). The molecule has 2 aromatic rings. The lowest BCUT2D eigenvalue weighted by Crippen LogP contribution is -1.98. The molecule has 1 aromatic heterocycles. The minimum atomic E-state index is 0.262. The molecule has 3 nitrogen and oxygen atoms in total. The van der Waals surface area contributed by atoms with Crippen molar-refractivity contribution in [2.24, 2.45) is 0 Å². The van der Waals surface area contributed by atoms with Gasteiger partial charge in [0.1, 0.15) is 5.75 Å². The van der Waals surface area contributed by atoms with Gasteiger partial charge in [0.15, 0.2) is 4.47 Å². The number of benzene rings is 1. The van der Waals surface area contributed by atoms with Crippen LogP contribution in [0.5, 0.6) is 5.75 Å². The summed E-state index contributed by atoms with van der Waals surface area (Å²) < 4.78 is 0.535. The van der Waals surface area contributed by atoms with Crippen LogP contribution in [0.2, 0.25) is 4.47 Å². The molecule has 90 valence electrons. The summed E-state index contributed by atoms with van der Waals surface area (Å²) in [6.07, 6.45) is 2.68. The molecular formula is C12H13ClN2OS. The number of halogens is 1. The van der Waals surface area contributed by atoms with E-state index in [4.69, 9.17) is 11.6 Å². The normalized spacial score (nSPS) is 10.5. The highest BCUT2D eigenvalue weighted by molar-refractivity contribution is 7.15. The van der Waals surface area contributed by atoms with E-state index in [1.54, 1.807) is 12.3 Å². The second-order valence-electron chi connectivity index (χ2n) is 3.64. The number of thiazole rings is 1. The van der Waals surface area contributed by atoms with E-state index in [1.807, 2.05) is 12.1 Å². The van der Waals surface area contributed by atoms with Crippen molar-refractivity contribution >= 4 is 28.6 Å². The van der Waals surface area contributed by atoms with Crippen molar-refractivity contribution in [2.45, 2.75) is 19.9 Å². The van der Waals surface area contributed by atoms with Crippen LogP contribution in [0.4, 0.5) is 5.69 Å². The van der Waals surface area contributed by atoms with E-state index in [2.05, 4.69) is 17.2 Å². The minimum Gasteiger partial charge on any atom is -0.506 e. The Balaban J connectivity index is 2.07. The molecule has 0 atom stereocenters. The molecule has 0 unspecified atom stereocenters. The van der Waals surface area contributed by atoms with Crippen LogP contribution in [0, 0.1) is 0 Å². The first-order valence-electron chi connectivity index (χ1n) is 5.35. The molecule has 0 aliphatic carbocycles. The number of anilines is 1. The Morgan fingerprint density at radius 3 is 2.94 bits per heavy atom. The summed E-state index contributed by atoms with van der Waals surface area (Å²) in [5.74, 6) is 0.262. The number of nitrogens with zero attached hydrogens (tertiary/aromatic N) is 1. The molecule has 0 saturated heterocycles. The highest BCUT2D eigenvalue weighted by Gasteiger charge is 2.03. The van der Waals surface area contributed by atoms with E-state index in [9.17, 15) is 5.11 Å². The van der Waals surface area contributed by atoms with Gasteiger partial charge in [-0.1, -0.05) is 24.6 Å². The number of phenols is 1. The number of hydrogen-bond acceptors (Lipinski definition) is 4. The molecule has 5 heteroatoms. The summed E-state index contributed by atoms with van der Waals surface area (Å²) in [4.78, 5) is 5.00. The van der Waals surface area contributed by atoms with Gasteiger partial charge in [-0.15, -0.1) is 11.3 Å². The zero-order valence-electron chi connectivity index (χ0n) is 9.40. The van der Waals surface area contributed by atoms with Crippen molar-refractivity contribution < 1.29 is 5.11 Å². The number of aromatic nitrogens is 1. The fourth-order valence-corrected chi connectivity index (χ4v) is 2.41. The summed E-state index contributed by atoms with van der Waals surface area (Å²) in [6, 6.07) is 5.59. The fourth-order valence-electron chi connectivity index (χ4n) is 1.49. The van der Waals surface area contributed by atoms with Gasteiger partial charge in [0.05, 0.1) is 12.2 Å². The van der Waals surface area contributed by atoms with Crippen LogP contribution in [0.1, 0.15) is 17.4 Å². The topological polar surface area (TPSA) is 45.1 Å². The van der Waals surface area contributed by atoms with E-state index in [0.29, 0.717) is 11.0 Å². The average molecular weight is 269 g/mol. The van der Waals surface area contributed by atoms with Gasteiger partial charge in [-0.2, -0.15) is 0 Å². The Hall–Kier alpha value is -1.26. The van der Waals surface area contributed by atoms with Crippen LogP contribution >= 0.6 is 22.9 Å². The standard InChI is InChI=1S/C12H13ClN2OS/c1-2-8-3-4-11(16)10(5-8)14-6-9-7-15-12(13)17-9/h3-5,7,14,16H,2,6H2,1H3. The lowest BCUT2D eigenvalue weighted by molar-refractivity contribution is 0.477. The molecule has 0 saturated carbocycles. The summed E-state index contributed by atoms with van der Waals surface area (Å²) in [5, 5.41) is 12.9. The van der Waals surface area contributed by atoms with Crippen LogP contribution in [-0.2, 0) is 13.0 Å². The van der Waals surface area contributed by atoms with Crippen LogP contribution in [0.25, 0.3) is 0 Å². The van der Waals surface area contributed by atoms with Gasteiger partial charge in [0.2, 0.25) is 0 Å². The molecular weight excluding hydrogens is 256 g/mol. The molecule has 1 heterocycles. The number of nitrogens with one attached hydrogen (secondary N) is 1. The Bertz CT molecular complexity index is 513. The van der Waals surface area contributed by atoms with E-state index < -0.39 is 0 Å². The summed E-state index contributed by atoms with van der Waals surface area (Å²) in [7, 11) is 0.